The lowest BCUT2D eigenvalue weighted by molar-refractivity contribution is -0.117. The smallest absolute Gasteiger partial charge is 0.265 e. The molecule has 1 aromatic carbocycles. The van der Waals surface area contributed by atoms with Gasteiger partial charge in [-0.25, -0.2) is 0 Å². The van der Waals surface area contributed by atoms with Crippen molar-refractivity contribution < 1.29 is 9.59 Å². The highest BCUT2D eigenvalue weighted by Crippen LogP contribution is 2.28. The monoisotopic (exact) mass is 354 g/mol. The van der Waals surface area contributed by atoms with E-state index in [9.17, 15) is 9.59 Å². The second-order valence-electron chi connectivity index (χ2n) is 6.19. The standard InChI is InChI=1S/C18H18N4O2S/c1-11-14-10-15(25-18(14)21(2)20-11)17(24)19-12-5-7-13(8-6-12)22-9-3-4-16(22)23/h5-8,10H,3-4,9H2,1-2H3,(H,19,24). The van der Waals surface area contributed by atoms with E-state index in [0.717, 1.165) is 34.6 Å². The summed E-state index contributed by atoms with van der Waals surface area (Å²) in [5, 5.41) is 8.28. The Hall–Kier alpha value is -2.67. The van der Waals surface area contributed by atoms with Gasteiger partial charge in [0.2, 0.25) is 5.91 Å². The van der Waals surface area contributed by atoms with Crippen LogP contribution in [0.4, 0.5) is 11.4 Å². The molecule has 6 nitrogen and oxygen atoms in total. The first-order valence-electron chi connectivity index (χ1n) is 8.18. The molecule has 7 heteroatoms. The predicted molar refractivity (Wildman–Crippen MR) is 99.3 cm³/mol. The molecule has 0 atom stereocenters. The first kappa shape index (κ1) is 15.8. The molecule has 128 valence electrons. The summed E-state index contributed by atoms with van der Waals surface area (Å²) in [6, 6.07) is 9.29. The Morgan fingerprint density at radius 3 is 2.68 bits per heavy atom. The van der Waals surface area contributed by atoms with Crippen molar-refractivity contribution in [3.8, 4) is 0 Å². The second-order valence-corrected chi connectivity index (χ2v) is 7.22. The minimum absolute atomic E-state index is 0.134. The van der Waals surface area contributed by atoms with Crippen LogP contribution in [0.15, 0.2) is 30.3 Å². The van der Waals surface area contributed by atoms with Gasteiger partial charge in [-0.1, -0.05) is 0 Å². The van der Waals surface area contributed by atoms with Crippen LogP contribution < -0.4 is 10.2 Å². The number of thiophene rings is 1. The maximum absolute atomic E-state index is 12.5. The van der Waals surface area contributed by atoms with E-state index in [1.165, 1.54) is 11.3 Å². The summed E-state index contributed by atoms with van der Waals surface area (Å²) in [6.45, 7) is 2.70. The number of hydrogen-bond donors (Lipinski definition) is 1. The van der Waals surface area contributed by atoms with Crippen LogP contribution in [0.5, 0.6) is 0 Å². The molecule has 3 aromatic rings. The van der Waals surface area contributed by atoms with Crippen LogP contribution in [-0.2, 0) is 11.8 Å². The number of anilines is 2. The number of fused-ring (bicyclic) bond motifs is 1. The summed E-state index contributed by atoms with van der Waals surface area (Å²) in [6.07, 6.45) is 1.51. The number of carbonyl (C=O) groups is 2. The molecular weight excluding hydrogens is 336 g/mol. The molecule has 0 unspecified atom stereocenters. The Kier molecular flexibility index (Phi) is 3.80. The van der Waals surface area contributed by atoms with Crippen LogP contribution in [0.1, 0.15) is 28.2 Å². The molecule has 0 bridgehead atoms. The van der Waals surface area contributed by atoms with E-state index in [0.29, 0.717) is 17.0 Å². The van der Waals surface area contributed by atoms with E-state index in [1.807, 2.05) is 44.3 Å². The third-order valence-electron chi connectivity index (χ3n) is 4.43. The van der Waals surface area contributed by atoms with Gasteiger partial charge in [0.05, 0.1) is 10.6 Å². The highest BCUT2D eigenvalue weighted by atomic mass is 32.1. The minimum Gasteiger partial charge on any atom is -0.321 e. The summed E-state index contributed by atoms with van der Waals surface area (Å²) in [5.74, 6) is 0.0247. The lowest BCUT2D eigenvalue weighted by Crippen LogP contribution is -2.23. The SMILES string of the molecule is Cc1nn(C)c2sc(C(=O)Nc3ccc(N4CCCC4=O)cc3)cc12. The van der Waals surface area contributed by atoms with Crippen molar-refractivity contribution in [1.29, 1.82) is 0 Å². The molecule has 0 saturated carbocycles. The number of rotatable bonds is 3. The van der Waals surface area contributed by atoms with Gasteiger partial charge in [-0.15, -0.1) is 11.3 Å². The molecule has 1 N–H and O–H groups in total. The number of aryl methyl sites for hydroxylation is 2. The number of aromatic nitrogens is 2. The zero-order valence-electron chi connectivity index (χ0n) is 14.1. The average molecular weight is 354 g/mol. The van der Waals surface area contributed by atoms with Crippen LogP contribution in [0.3, 0.4) is 0 Å². The Balaban J connectivity index is 1.51. The van der Waals surface area contributed by atoms with Crippen molar-refractivity contribution >= 4 is 44.7 Å². The molecule has 0 aliphatic carbocycles. The zero-order valence-corrected chi connectivity index (χ0v) is 14.9. The maximum atomic E-state index is 12.5. The number of nitrogens with one attached hydrogen (secondary N) is 1. The van der Waals surface area contributed by atoms with Gasteiger partial charge in [-0.2, -0.15) is 5.10 Å². The van der Waals surface area contributed by atoms with Crippen LogP contribution in [0, 0.1) is 6.92 Å². The fourth-order valence-corrected chi connectivity index (χ4v) is 4.17. The van der Waals surface area contributed by atoms with Crippen LogP contribution >= 0.6 is 11.3 Å². The quantitative estimate of drug-likeness (QED) is 0.784. The summed E-state index contributed by atoms with van der Waals surface area (Å²) in [4.78, 5) is 27.7. The van der Waals surface area contributed by atoms with E-state index in [1.54, 1.807) is 9.58 Å². The van der Waals surface area contributed by atoms with E-state index in [4.69, 9.17) is 0 Å². The molecule has 4 rings (SSSR count). The van der Waals surface area contributed by atoms with Crippen LogP contribution in [0.25, 0.3) is 10.2 Å². The van der Waals surface area contributed by atoms with Gasteiger partial charge in [0, 0.05) is 36.8 Å². The Labute approximate surface area is 149 Å². The zero-order chi connectivity index (χ0) is 17.6. The van der Waals surface area contributed by atoms with E-state index in [-0.39, 0.29) is 11.8 Å². The summed E-state index contributed by atoms with van der Waals surface area (Å²) in [7, 11) is 1.88. The third kappa shape index (κ3) is 2.80. The van der Waals surface area contributed by atoms with Crippen molar-refractivity contribution in [2.24, 2.45) is 7.05 Å². The Bertz CT molecular complexity index is 937. The van der Waals surface area contributed by atoms with Gasteiger partial charge in [0.15, 0.2) is 0 Å². The minimum atomic E-state index is -0.134. The van der Waals surface area contributed by atoms with Gasteiger partial charge in [-0.3, -0.25) is 14.3 Å². The van der Waals surface area contributed by atoms with E-state index in [2.05, 4.69) is 10.4 Å². The molecule has 2 amide bonds. The van der Waals surface area contributed by atoms with Crippen molar-refractivity contribution in [3.63, 3.8) is 0 Å². The molecule has 0 spiro atoms. The number of nitrogens with zero attached hydrogens (tertiary/aromatic N) is 3. The Morgan fingerprint density at radius 1 is 1.28 bits per heavy atom. The highest BCUT2D eigenvalue weighted by Gasteiger charge is 2.21. The number of amides is 2. The maximum Gasteiger partial charge on any atom is 0.265 e. The van der Waals surface area contributed by atoms with Crippen molar-refractivity contribution in [1.82, 2.24) is 9.78 Å². The van der Waals surface area contributed by atoms with Gasteiger partial charge < -0.3 is 10.2 Å². The first-order valence-corrected chi connectivity index (χ1v) is 8.99. The van der Waals surface area contributed by atoms with Gasteiger partial charge >= 0.3 is 0 Å². The molecule has 1 saturated heterocycles. The lowest BCUT2D eigenvalue weighted by atomic mass is 10.2. The lowest BCUT2D eigenvalue weighted by Gasteiger charge is -2.16. The van der Waals surface area contributed by atoms with E-state index >= 15 is 0 Å². The molecular formula is C18H18N4O2S. The molecule has 3 heterocycles. The molecule has 1 aliphatic rings. The second kappa shape index (κ2) is 6.00. The number of benzene rings is 1. The van der Waals surface area contributed by atoms with Crippen molar-refractivity contribution in [3.05, 3.63) is 40.9 Å². The highest BCUT2D eigenvalue weighted by molar-refractivity contribution is 7.20. The first-order chi connectivity index (χ1) is 12.0. The van der Waals surface area contributed by atoms with E-state index < -0.39 is 0 Å². The topological polar surface area (TPSA) is 67.2 Å². The summed E-state index contributed by atoms with van der Waals surface area (Å²) >= 11 is 1.43. The van der Waals surface area contributed by atoms with Crippen molar-refractivity contribution in [2.75, 3.05) is 16.8 Å². The fourth-order valence-electron chi connectivity index (χ4n) is 3.16. The van der Waals surface area contributed by atoms with Gasteiger partial charge in [-0.05, 0) is 43.7 Å². The van der Waals surface area contributed by atoms with Gasteiger partial charge in [0.25, 0.3) is 5.91 Å². The van der Waals surface area contributed by atoms with Crippen molar-refractivity contribution in [2.45, 2.75) is 19.8 Å². The number of carbonyl (C=O) groups excluding carboxylic acids is 2. The average Bonchev–Trinajstić information content (AvgIpc) is 3.27. The molecule has 25 heavy (non-hydrogen) atoms. The van der Waals surface area contributed by atoms with Crippen LogP contribution in [-0.4, -0.2) is 28.1 Å². The fraction of sp³-hybridized carbons (Fsp3) is 0.278. The summed E-state index contributed by atoms with van der Waals surface area (Å²) in [5.41, 5.74) is 2.52. The predicted octanol–water partition coefficient (Wildman–Crippen LogP) is 3.32. The third-order valence-corrected chi connectivity index (χ3v) is 5.63. The molecule has 1 aliphatic heterocycles. The van der Waals surface area contributed by atoms with Crippen LogP contribution in [0.2, 0.25) is 0 Å². The molecule has 0 radical (unpaired) electrons. The Morgan fingerprint density at radius 2 is 2.04 bits per heavy atom. The summed E-state index contributed by atoms with van der Waals surface area (Å²) < 4.78 is 1.80. The number of hydrogen-bond acceptors (Lipinski definition) is 4. The van der Waals surface area contributed by atoms with Gasteiger partial charge in [0.1, 0.15) is 4.83 Å². The molecule has 2 aromatic heterocycles. The molecule has 1 fully saturated rings. The normalized spacial score (nSPS) is 14.5. The largest absolute Gasteiger partial charge is 0.321 e.